The molecule has 0 saturated heterocycles. The summed E-state index contributed by atoms with van der Waals surface area (Å²) in [5.74, 6) is 0.799. The maximum Gasteiger partial charge on any atom is 0.155 e. The number of carbonyl (C=O) groups is 1. The van der Waals surface area contributed by atoms with Gasteiger partial charge in [-0.2, -0.15) is 5.10 Å². The Morgan fingerprint density at radius 2 is 2.00 bits per heavy atom. The average Bonchev–Trinajstić information content (AvgIpc) is 3.01. The minimum absolute atomic E-state index is 0. The fourth-order valence-corrected chi connectivity index (χ4v) is 4.82. The van der Waals surface area contributed by atoms with E-state index in [2.05, 4.69) is 30.9 Å². The molecule has 2 aliphatic rings. The average molecular weight is 315 g/mol. The molecule has 1 fully saturated rings. The Balaban J connectivity index is 0.000000670. The van der Waals surface area contributed by atoms with Crippen molar-refractivity contribution in [2.45, 2.75) is 65.7 Å². The Bertz CT molecular complexity index is 752. The van der Waals surface area contributed by atoms with Crippen LogP contribution in [0.1, 0.15) is 66.6 Å². The third-order valence-electron chi connectivity index (χ3n) is 5.97. The molecule has 0 aliphatic heterocycles. The number of ketones is 1. The van der Waals surface area contributed by atoms with Crippen LogP contribution in [0.4, 0.5) is 0 Å². The van der Waals surface area contributed by atoms with Gasteiger partial charge in [0.1, 0.15) is 5.78 Å². The lowest BCUT2D eigenvalue weighted by molar-refractivity contribution is -0.137. The molecule has 1 unspecified atom stereocenters. The molecule has 1 saturated carbocycles. The highest BCUT2D eigenvalue weighted by Crippen LogP contribution is 2.55. The monoisotopic (exact) mass is 315 g/mol. The molecule has 4 rings (SSSR count). The maximum absolute atomic E-state index is 12.4. The zero-order valence-corrected chi connectivity index (χ0v) is 14.9. The van der Waals surface area contributed by atoms with Crippen LogP contribution in [0.3, 0.4) is 0 Å². The standard InChI is InChI=1S/C17H21N3O.C2H6.H2/c1-16(2)12-5-4-11-10-18-14-7-9-19-20(14)15(11)17(12,3)8-6-13(16)21;1-2;/h7,9-10,12H,4-6,8H2,1-3H3;1-2H3;1H/t12?,17-;;/m0../s1. The van der Waals surface area contributed by atoms with Crippen molar-refractivity contribution in [3.63, 3.8) is 0 Å². The Kier molecular flexibility index (Phi) is 3.81. The summed E-state index contributed by atoms with van der Waals surface area (Å²) in [5, 5.41) is 4.50. The third kappa shape index (κ3) is 2.14. The molecule has 2 aromatic heterocycles. The zero-order chi connectivity index (χ0) is 16.8. The second-order valence-corrected chi connectivity index (χ2v) is 7.39. The highest BCUT2D eigenvalue weighted by Gasteiger charge is 2.54. The van der Waals surface area contributed by atoms with Crippen molar-refractivity contribution >= 4 is 11.4 Å². The Morgan fingerprint density at radius 1 is 1.26 bits per heavy atom. The van der Waals surface area contributed by atoms with E-state index >= 15 is 0 Å². The van der Waals surface area contributed by atoms with Crippen molar-refractivity contribution in [2.75, 3.05) is 0 Å². The number of fused-ring (bicyclic) bond motifs is 5. The molecule has 0 spiro atoms. The van der Waals surface area contributed by atoms with Gasteiger partial charge in [0.2, 0.25) is 0 Å². The molecule has 126 valence electrons. The van der Waals surface area contributed by atoms with Gasteiger partial charge in [-0.15, -0.1) is 0 Å². The third-order valence-corrected chi connectivity index (χ3v) is 5.97. The quantitative estimate of drug-likeness (QED) is 0.731. The van der Waals surface area contributed by atoms with E-state index in [4.69, 9.17) is 0 Å². The zero-order valence-electron chi connectivity index (χ0n) is 14.9. The molecule has 4 nitrogen and oxygen atoms in total. The van der Waals surface area contributed by atoms with Gasteiger partial charge in [-0.3, -0.25) is 4.79 Å². The minimum atomic E-state index is -0.243. The Hall–Kier alpha value is -1.71. The van der Waals surface area contributed by atoms with Gasteiger partial charge in [-0.25, -0.2) is 9.50 Å². The van der Waals surface area contributed by atoms with Crippen LogP contribution in [0, 0.1) is 11.3 Å². The first-order chi connectivity index (χ1) is 10.9. The van der Waals surface area contributed by atoms with E-state index < -0.39 is 0 Å². The van der Waals surface area contributed by atoms with Crippen LogP contribution >= 0.6 is 0 Å². The second-order valence-electron chi connectivity index (χ2n) is 7.39. The van der Waals surface area contributed by atoms with Crippen molar-refractivity contribution in [1.29, 1.82) is 0 Å². The summed E-state index contributed by atoms with van der Waals surface area (Å²) in [6.07, 6.45) is 7.48. The molecule has 0 radical (unpaired) electrons. The van der Waals surface area contributed by atoms with Crippen molar-refractivity contribution < 1.29 is 6.22 Å². The van der Waals surface area contributed by atoms with Gasteiger partial charge in [0.15, 0.2) is 5.65 Å². The maximum atomic E-state index is 12.4. The summed E-state index contributed by atoms with van der Waals surface area (Å²) in [6.45, 7) is 10.6. The fourth-order valence-electron chi connectivity index (χ4n) is 4.82. The lowest BCUT2D eigenvalue weighted by Crippen LogP contribution is -2.53. The minimum Gasteiger partial charge on any atom is -0.299 e. The molecule has 0 N–H and O–H groups in total. The molecule has 2 aliphatic carbocycles. The van der Waals surface area contributed by atoms with Crippen LogP contribution in [0.25, 0.3) is 5.65 Å². The van der Waals surface area contributed by atoms with Gasteiger partial charge in [0, 0.05) is 30.9 Å². The fraction of sp³-hybridized carbons (Fsp3) is 0.632. The topological polar surface area (TPSA) is 47.3 Å². The van der Waals surface area contributed by atoms with Crippen LogP contribution in [0.2, 0.25) is 0 Å². The van der Waals surface area contributed by atoms with Gasteiger partial charge < -0.3 is 0 Å². The number of nitrogens with zero attached hydrogens (tertiary/aromatic N) is 3. The van der Waals surface area contributed by atoms with Crippen molar-refractivity contribution in [2.24, 2.45) is 11.3 Å². The van der Waals surface area contributed by atoms with E-state index in [0.717, 1.165) is 24.9 Å². The number of aryl methyl sites for hydroxylation is 1. The molecule has 2 atom stereocenters. The Morgan fingerprint density at radius 3 is 2.74 bits per heavy atom. The molecule has 2 aromatic rings. The van der Waals surface area contributed by atoms with Gasteiger partial charge in [-0.1, -0.05) is 34.6 Å². The molecule has 0 amide bonds. The van der Waals surface area contributed by atoms with E-state index in [1.165, 1.54) is 11.3 Å². The molecule has 0 bridgehead atoms. The van der Waals surface area contributed by atoms with Crippen molar-refractivity contribution in [3.8, 4) is 0 Å². The van der Waals surface area contributed by atoms with E-state index in [1.54, 1.807) is 0 Å². The van der Waals surface area contributed by atoms with Gasteiger partial charge in [0.05, 0.1) is 11.9 Å². The van der Waals surface area contributed by atoms with Gasteiger partial charge in [-0.05, 0) is 30.7 Å². The van der Waals surface area contributed by atoms with Crippen LogP contribution in [0.5, 0.6) is 0 Å². The molecule has 23 heavy (non-hydrogen) atoms. The Labute approximate surface area is 139 Å². The first-order valence-corrected chi connectivity index (χ1v) is 8.80. The van der Waals surface area contributed by atoms with Gasteiger partial charge in [0.25, 0.3) is 0 Å². The smallest absolute Gasteiger partial charge is 0.155 e. The lowest BCUT2D eigenvalue weighted by atomic mass is 9.51. The first-order valence-electron chi connectivity index (χ1n) is 8.80. The number of aromatic nitrogens is 3. The summed E-state index contributed by atoms with van der Waals surface area (Å²) in [4.78, 5) is 16.9. The summed E-state index contributed by atoms with van der Waals surface area (Å²) in [6, 6.07) is 1.95. The summed E-state index contributed by atoms with van der Waals surface area (Å²) >= 11 is 0. The number of hydrogen-bond acceptors (Lipinski definition) is 3. The summed E-state index contributed by atoms with van der Waals surface area (Å²) in [7, 11) is 0. The van der Waals surface area contributed by atoms with Crippen molar-refractivity contribution in [3.05, 3.63) is 29.7 Å². The number of carbonyl (C=O) groups excluding carboxylic acids is 1. The lowest BCUT2D eigenvalue weighted by Gasteiger charge is -2.52. The van der Waals surface area contributed by atoms with E-state index in [9.17, 15) is 4.79 Å². The van der Waals surface area contributed by atoms with Crippen LogP contribution in [0.15, 0.2) is 18.5 Å². The molecular weight excluding hydrogens is 286 g/mol. The van der Waals surface area contributed by atoms with E-state index in [1.807, 2.05) is 36.8 Å². The molecule has 2 heterocycles. The SMILES string of the molecule is CC.CC1(C)C(=O)CC[C@]2(C)c3c(cnc4ccnn34)CCC12.[HH]. The molecule has 4 heteroatoms. The van der Waals surface area contributed by atoms with Crippen molar-refractivity contribution in [1.82, 2.24) is 14.6 Å². The highest BCUT2D eigenvalue weighted by atomic mass is 16.1. The first kappa shape index (κ1) is 16.2. The van der Waals surface area contributed by atoms with E-state index in [0.29, 0.717) is 18.1 Å². The second kappa shape index (κ2) is 5.43. The predicted molar refractivity (Wildman–Crippen MR) is 93.6 cm³/mol. The van der Waals surface area contributed by atoms with Crippen LogP contribution in [-0.4, -0.2) is 20.4 Å². The number of rotatable bonds is 0. The molecule has 0 aromatic carbocycles. The number of hydrogen-bond donors (Lipinski definition) is 0. The molecular formula is C19H29N3O. The predicted octanol–water partition coefficient (Wildman–Crippen LogP) is 4.21. The highest BCUT2D eigenvalue weighted by molar-refractivity contribution is 5.86. The summed E-state index contributed by atoms with van der Waals surface area (Å²) < 4.78 is 2.01. The van der Waals surface area contributed by atoms with Crippen LogP contribution in [-0.2, 0) is 16.6 Å². The largest absolute Gasteiger partial charge is 0.299 e. The number of Topliss-reactive ketones (excluding diaryl/α,β-unsaturated/α-hetero) is 1. The normalized spacial score (nSPS) is 28.6. The van der Waals surface area contributed by atoms with E-state index in [-0.39, 0.29) is 12.3 Å². The van der Waals surface area contributed by atoms with Crippen LogP contribution < -0.4 is 0 Å². The van der Waals surface area contributed by atoms with Gasteiger partial charge >= 0.3 is 0 Å². The summed E-state index contributed by atoms with van der Waals surface area (Å²) in [5.41, 5.74) is 3.26.